The van der Waals surface area contributed by atoms with Crippen LogP contribution in [0.15, 0.2) is 97.1 Å². The van der Waals surface area contributed by atoms with E-state index >= 15 is 0 Å². The van der Waals surface area contributed by atoms with Crippen molar-refractivity contribution in [3.8, 4) is 22.6 Å². The van der Waals surface area contributed by atoms with Crippen LogP contribution >= 0.6 is 0 Å². The fraction of sp³-hybridized carbons (Fsp3) is 0.404. The van der Waals surface area contributed by atoms with Gasteiger partial charge in [0.05, 0.1) is 24.6 Å². The average Bonchev–Trinajstić information content (AvgIpc) is 3.32. The number of non-ortho nitro benzene ring substituents is 1. The number of unbranched alkanes of at least 4 members (excludes halogenated alkanes) is 1. The summed E-state index contributed by atoms with van der Waals surface area (Å²) < 4.78 is 18.4. The highest BCUT2D eigenvalue weighted by Crippen LogP contribution is 2.45. The Morgan fingerprint density at radius 1 is 0.681 bits per heavy atom. The van der Waals surface area contributed by atoms with E-state index in [1.807, 2.05) is 86.6 Å². The molecule has 0 aliphatic carbocycles. The molecule has 0 heterocycles. The van der Waals surface area contributed by atoms with Gasteiger partial charge in [-0.1, -0.05) is 88.4 Å². The second-order valence-corrected chi connectivity index (χ2v) is 17.9. The first-order chi connectivity index (χ1) is 33.1. The molecule has 17 heteroatoms. The summed E-state index contributed by atoms with van der Waals surface area (Å²) in [6.07, 6.45) is 3.05. The molecule has 3 atom stereocenters. The lowest BCUT2D eigenvalue weighted by molar-refractivity contribution is -0.459. The topological polar surface area (TPSA) is 269 Å². The first kappa shape index (κ1) is 52.7. The number of amides is 3. The Morgan fingerprint density at radius 3 is 1.81 bits per heavy atom. The molecule has 0 aliphatic heterocycles. The highest BCUT2D eigenvalue weighted by Gasteiger charge is 2.31. The number of nitro benzene ring substituents is 1. The van der Waals surface area contributed by atoms with Gasteiger partial charge in [-0.25, -0.2) is 4.79 Å². The first-order valence-electron chi connectivity index (χ1n) is 23.7. The van der Waals surface area contributed by atoms with Gasteiger partial charge in [-0.2, -0.15) is 0 Å². The number of nitrogens with one attached hydrogen (secondary N) is 4. The van der Waals surface area contributed by atoms with Crippen LogP contribution in [-0.2, 0) is 30.5 Å². The summed E-state index contributed by atoms with van der Waals surface area (Å²) in [5.41, 5.74) is 17.2. The van der Waals surface area contributed by atoms with Gasteiger partial charge in [0.2, 0.25) is 11.8 Å². The summed E-state index contributed by atoms with van der Waals surface area (Å²) in [5, 5.41) is 23.4. The third kappa shape index (κ3) is 15.9. The lowest BCUT2D eigenvalue weighted by Gasteiger charge is -2.26. The normalized spacial score (nSPS) is 12.5. The molecule has 0 fully saturated rings. The van der Waals surface area contributed by atoms with Crippen LogP contribution in [0.5, 0.6) is 11.5 Å². The second kappa shape index (κ2) is 26.3. The third-order valence-corrected chi connectivity index (χ3v) is 11.5. The summed E-state index contributed by atoms with van der Waals surface area (Å²) in [7, 11) is 0. The number of nitrogens with two attached hydrogens (primary N) is 2. The van der Waals surface area contributed by atoms with Crippen LogP contribution in [0.1, 0.15) is 78.2 Å². The number of guanidine groups is 1. The molecule has 0 bridgehead atoms. The van der Waals surface area contributed by atoms with E-state index in [9.17, 15) is 29.3 Å². The van der Waals surface area contributed by atoms with E-state index in [1.165, 1.54) is 24.3 Å². The van der Waals surface area contributed by atoms with E-state index < -0.39 is 53.3 Å². The summed E-state index contributed by atoms with van der Waals surface area (Å²) in [6.45, 7) is 8.88. The molecule has 0 saturated heterocycles. The number of rotatable bonds is 27. The molecule has 5 aromatic rings. The van der Waals surface area contributed by atoms with E-state index in [-0.39, 0.29) is 50.0 Å². The molecule has 5 aromatic carbocycles. The Morgan fingerprint density at radius 2 is 1.25 bits per heavy atom. The number of carbonyl (C=O) groups is 4. The predicted molar refractivity (Wildman–Crippen MR) is 266 cm³/mol. The molecular formula is C52H68N8O9+2. The molecule has 11 N–H and O–H groups in total. The van der Waals surface area contributed by atoms with Crippen LogP contribution in [0.25, 0.3) is 32.7 Å². The van der Waals surface area contributed by atoms with Crippen molar-refractivity contribution in [2.24, 2.45) is 23.3 Å². The van der Waals surface area contributed by atoms with Crippen LogP contribution in [-0.4, -0.2) is 79.0 Å². The van der Waals surface area contributed by atoms with Crippen molar-refractivity contribution in [3.05, 3.63) is 113 Å². The molecule has 0 unspecified atom stereocenters. The van der Waals surface area contributed by atoms with Crippen molar-refractivity contribution in [1.82, 2.24) is 16.0 Å². The molecule has 5 rings (SSSR count). The van der Waals surface area contributed by atoms with E-state index in [4.69, 9.17) is 25.7 Å². The molecule has 0 spiro atoms. The molecule has 17 nitrogen and oxygen atoms in total. The maximum atomic E-state index is 14.2. The lowest BCUT2D eigenvalue weighted by Crippen LogP contribution is -2.78. The lowest BCUT2D eigenvalue weighted by atomic mass is 9.92. The molecule has 0 aromatic heterocycles. The molecule has 3 amide bonds. The van der Waals surface area contributed by atoms with Gasteiger partial charge in [-0.15, -0.1) is 0 Å². The quantitative estimate of drug-likeness (QED) is 0.00981. The number of esters is 1. The van der Waals surface area contributed by atoms with Crippen molar-refractivity contribution in [1.29, 1.82) is 0 Å². The van der Waals surface area contributed by atoms with Crippen LogP contribution in [0.4, 0.5) is 5.69 Å². The van der Waals surface area contributed by atoms with Gasteiger partial charge in [-0.05, 0) is 108 Å². The van der Waals surface area contributed by atoms with Crippen molar-refractivity contribution in [3.63, 3.8) is 0 Å². The number of hydrogen-bond donors (Lipinski definition) is 7. The zero-order valence-corrected chi connectivity index (χ0v) is 40.1. The smallest absolute Gasteiger partial charge is 0.338 e. The minimum absolute atomic E-state index is 0.00782. The molecule has 0 radical (unpaired) electrons. The van der Waals surface area contributed by atoms with Crippen molar-refractivity contribution >= 4 is 56.9 Å². The highest BCUT2D eigenvalue weighted by atomic mass is 16.6. The SMILES string of the molecule is CC(C)CCOc1ccc2ccccc2c1-c1c(OCC(=O)N[C@H](CCCC[NH3+])C(=O)N[C@H](CCC[NH+]=C(N)N)C(=O)N[C@@H](CC(C)C)C(=O)OCc2ccc([N+](=O)[O-])cc2)ccc2ccccc12. The number of ether oxygens (including phenoxy) is 3. The van der Waals surface area contributed by atoms with Crippen molar-refractivity contribution < 1.29 is 49.0 Å². The van der Waals surface area contributed by atoms with Crippen LogP contribution in [0, 0.1) is 22.0 Å². The van der Waals surface area contributed by atoms with Gasteiger partial charge in [0.15, 0.2) is 6.61 Å². The fourth-order valence-corrected chi connectivity index (χ4v) is 7.84. The third-order valence-electron chi connectivity index (χ3n) is 11.5. The molecule has 0 aliphatic rings. The standard InChI is InChI=1S/C52H66N8O9/c1-33(2)26-29-67-44-24-20-36-12-5-7-14-39(36)47(44)48-40-15-8-6-13-37(40)21-25-45(48)68-32-46(61)57-41(16-9-10-27-53)49(62)58-42(17-11-28-56-52(54)55)50(63)59-43(30-34(3)4)51(64)69-31-35-18-22-38(23-19-35)60(65)66/h5-8,12-15,18-25,33-34,41-43H,9-11,16-17,26-32,53H2,1-4H3,(H,57,61)(H,58,62)(H,59,63)(H4,54,55,56)/p+2/t41-,42-,43+/m1/s1. The number of hydrogen-bond acceptors (Lipinski definition) is 9. The summed E-state index contributed by atoms with van der Waals surface area (Å²) in [5.74, 6) is -0.967. The van der Waals surface area contributed by atoms with E-state index in [2.05, 4.69) is 40.5 Å². The molecule has 0 saturated carbocycles. The zero-order valence-electron chi connectivity index (χ0n) is 40.1. The fourth-order valence-electron chi connectivity index (χ4n) is 7.84. The minimum Gasteiger partial charge on any atom is -0.493 e. The van der Waals surface area contributed by atoms with Crippen LogP contribution in [0.3, 0.4) is 0 Å². The Bertz CT molecular complexity index is 2560. The number of nitro groups is 1. The Labute approximate surface area is 403 Å². The Balaban J connectivity index is 1.36. The summed E-state index contributed by atoms with van der Waals surface area (Å²) in [6, 6.07) is 26.1. The highest BCUT2D eigenvalue weighted by molar-refractivity contribution is 6.10. The minimum atomic E-state index is -1.14. The number of quaternary nitrogens is 1. The maximum absolute atomic E-state index is 14.2. The molecule has 69 heavy (non-hydrogen) atoms. The van der Waals surface area contributed by atoms with E-state index in [0.29, 0.717) is 55.4 Å². The molecular weight excluding hydrogens is 881 g/mol. The average molecular weight is 949 g/mol. The maximum Gasteiger partial charge on any atom is 0.338 e. The number of fused-ring (bicyclic) bond motifs is 2. The zero-order chi connectivity index (χ0) is 49.9. The van der Waals surface area contributed by atoms with Crippen molar-refractivity contribution in [2.45, 2.75) is 97.4 Å². The number of carbonyl (C=O) groups excluding carboxylic acids is 4. The molecule has 368 valence electrons. The largest absolute Gasteiger partial charge is 0.493 e. The van der Waals surface area contributed by atoms with Crippen LogP contribution < -0.4 is 47.6 Å². The van der Waals surface area contributed by atoms with Gasteiger partial charge in [0.25, 0.3) is 11.6 Å². The van der Waals surface area contributed by atoms with Gasteiger partial charge in [-0.3, -0.25) is 41.0 Å². The Kier molecular flexibility index (Phi) is 20.1. The van der Waals surface area contributed by atoms with Crippen molar-refractivity contribution in [2.75, 3.05) is 26.3 Å². The first-order valence-corrected chi connectivity index (χ1v) is 23.7. The van der Waals surface area contributed by atoms with Crippen LogP contribution in [0.2, 0.25) is 0 Å². The Hall–Kier alpha value is -7.27. The van der Waals surface area contributed by atoms with E-state index in [0.717, 1.165) is 39.1 Å². The predicted octanol–water partition coefficient (Wildman–Crippen LogP) is 4.16. The van der Waals surface area contributed by atoms with E-state index in [1.54, 1.807) is 0 Å². The summed E-state index contributed by atoms with van der Waals surface area (Å²) >= 11 is 0. The number of benzene rings is 5. The second-order valence-electron chi connectivity index (χ2n) is 17.9. The van der Waals surface area contributed by atoms with Gasteiger partial charge in [0, 0.05) is 23.3 Å². The monoisotopic (exact) mass is 949 g/mol. The van der Waals surface area contributed by atoms with Gasteiger partial charge < -0.3 is 35.9 Å². The van der Waals surface area contributed by atoms with Gasteiger partial charge >= 0.3 is 11.9 Å². The number of nitrogens with zero attached hydrogens (tertiary/aromatic N) is 1. The summed E-state index contributed by atoms with van der Waals surface area (Å²) in [4.78, 5) is 69.1. The van der Waals surface area contributed by atoms with Gasteiger partial charge in [0.1, 0.15) is 36.2 Å².